The lowest BCUT2D eigenvalue weighted by atomic mass is 9.92. The second-order valence-corrected chi connectivity index (χ2v) is 5.83. The Morgan fingerprint density at radius 1 is 1.28 bits per heavy atom. The molecule has 0 unspecified atom stereocenters. The maximum absolute atomic E-state index is 5.97. The molecule has 1 fully saturated rings. The van der Waals surface area contributed by atoms with E-state index in [4.69, 9.17) is 16.2 Å². The van der Waals surface area contributed by atoms with Gasteiger partial charge in [-0.2, -0.15) is 0 Å². The number of nitrogens with two attached hydrogens (primary N) is 2. The third kappa shape index (κ3) is 2.15. The third-order valence-corrected chi connectivity index (χ3v) is 4.46. The number of rotatable bonds is 2. The standard InChI is InChI=1S/C13H17N3OS/c14-10-2-1-9(7-8-3-5-17-6-4-8)11-12(10)18-13(15)16-11/h1-2,8H,3-7,14H2,(H2,15,16). The van der Waals surface area contributed by atoms with E-state index in [-0.39, 0.29) is 0 Å². The monoisotopic (exact) mass is 263 g/mol. The molecule has 0 bridgehead atoms. The normalized spacial score (nSPS) is 17.3. The Labute approximate surface area is 110 Å². The van der Waals surface area contributed by atoms with Crippen molar-refractivity contribution in [1.82, 2.24) is 4.98 Å². The number of nitrogen functional groups attached to an aromatic ring is 2. The van der Waals surface area contributed by atoms with Crippen molar-refractivity contribution >= 4 is 32.4 Å². The molecule has 18 heavy (non-hydrogen) atoms. The maximum Gasteiger partial charge on any atom is 0.181 e. The van der Waals surface area contributed by atoms with Gasteiger partial charge >= 0.3 is 0 Å². The molecular weight excluding hydrogens is 246 g/mol. The fourth-order valence-electron chi connectivity index (χ4n) is 2.52. The first-order chi connectivity index (χ1) is 8.74. The van der Waals surface area contributed by atoms with Crippen molar-refractivity contribution in [2.24, 2.45) is 5.92 Å². The Balaban J connectivity index is 1.93. The molecule has 0 saturated carbocycles. The van der Waals surface area contributed by atoms with Gasteiger partial charge in [-0.05, 0) is 36.8 Å². The molecule has 5 heteroatoms. The highest BCUT2D eigenvalue weighted by Crippen LogP contribution is 2.33. The topological polar surface area (TPSA) is 74.2 Å². The summed E-state index contributed by atoms with van der Waals surface area (Å²) in [6.07, 6.45) is 3.31. The molecule has 0 aliphatic carbocycles. The summed E-state index contributed by atoms with van der Waals surface area (Å²) in [4.78, 5) is 4.42. The second-order valence-electron chi connectivity index (χ2n) is 4.80. The lowest BCUT2D eigenvalue weighted by molar-refractivity contribution is 0.0666. The van der Waals surface area contributed by atoms with E-state index in [1.54, 1.807) is 0 Å². The van der Waals surface area contributed by atoms with Crippen molar-refractivity contribution in [2.75, 3.05) is 24.7 Å². The van der Waals surface area contributed by atoms with E-state index in [0.29, 0.717) is 11.0 Å². The summed E-state index contributed by atoms with van der Waals surface area (Å²) in [5.74, 6) is 0.688. The highest BCUT2D eigenvalue weighted by atomic mass is 32.1. The summed E-state index contributed by atoms with van der Waals surface area (Å²) in [5, 5.41) is 0.594. The lowest BCUT2D eigenvalue weighted by Gasteiger charge is -2.22. The molecule has 1 aliphatic heterocycles. The first kappa shape index (κ1) is 11.7. The molecule has 4 N–H and O–H groups in total. The molecule has 3 rings (SSSR count). The predicted molar refractivity (Wildman–Crippen MR) is 75.7 cm³/mol. The minimum absolute atomic E-state index is 0.594. The molecule has 0 radical (unpaired) electrons. The number of thiazole rings is 1. The Morgan fingerprint density at radius 2 is 2.06 bits per heavy atom. The molecule has 4 nitrogen and oxygen atoms in total. The predicted octanol–water partition coefficient (Wildman–Crippen LogP) is 2.43. The van der Waals surface area contributed by atoms with Crippen molar-refractivity contribution < 1.29 is 4.74 Å². The van der Waals surface area contributed by atoms with E-state index in [9.17, 15) is 0 Å². The molecule has 1 aromatic carbocycles. The van der Waals surface area contributed by atoms with Crippen molar-refractivity contribution in [3.8, 4) is 0 Å². The van der Waals surface area contributed by atoms with Crippen LogP contribution in [0.3, 0.4) is 0 Å². The summed E-state index contributed by atoms with van der Waals surface area (Å²) >= 11 is 1.47. The van der Waals surface area contributed by atoms with Crippen molar-refractivity contribution in [3.05, 3.63) is 17.7 Å². The summed E-state index contributed by atoms with van der Waals surface area (Å²) in [6.45, 7) is 1.75. The molecule has 2 heterocycles. The average Bonchev–Trinajstić information content (AvgIpc) is 2.77. The van der Waals surface area contributed by atoms with E-state index in [1.165, 1.54) is 16.9 Å². The molecule has 1 aliphatic rings. The lowest BCUT2D eigenvalue weighted by Crippen LogP contribution is -2.17. The van der Waals surface area contributed by atoms with Crippen LogP contribution >= 0.6 is 11.3 Å². The zero-order chi connectivity index (χ0) is 12.5. The Morgan fingerprint density at radius 3 is 2.83 bits per heavy atom. The van der Waals surface area contributed by atoms with Gasteiger partial charge in [0, 0.05) is 13.2 Å². The van der Waals surface area contributed by atoms with Gasteiger partial charge in [0.2, 0.25) is 0 Å². The summed E-state index contributed by atoms with van der Waals surface area (Å²) in [7, 11) is 0. The van der Waals surface area contributed by atoms with Gasteiger partial charge in [0.15, 0.2) is 5.13 Å². The maximum atomic E-state index is 5.97. The Hall–Kier alpha value is -1.33. The Bertz CT molecular complexity index is 561. The minimum Gasteiger partial charge on any atom is -0.398 e. The third-order valence-electron chi connectivity index (χ3n) is 3.52. The van der Waals surface area contributed by atoms with Crippen LogP contribution in [0.2, 0.25) is 0 Å². The van der Waals surface area contributed by atoms with Crippen LogP contribution in [0.15, 0.2) is 12.1 Å². The van der Waals surface area contributed by atoms with Gasteiger partial charge in [0.05, 0.1) is 15.9 Å². The second kappa shape index (κ2) is 4.74. The number of ether oxygens (including phenoxy) is 1. The van der Waals surface area contributed by atoms with Crippen LogP contribution in [0.1, 0.15) is 18.4 Å². The number of anilines is 2. The van der Waals surface area contributed by atoms with Crippen LogP contribution in [-0.2, 0) is 11.2 Å². The average molecular weight is 263 g/mol. The molecular formula is C13H17N3OS. The van der Waals surface area contributed by atoms with Crippen molar-refractivity contribution in [1.29, 1.82) is 0 Å². The largest absolute Gasteiger partial charge is 0.398 e. The summed E-state index contributed by atoms with van der Waals surface area (Å²) in [5.41, 5.74) is 14.8. The number of nitrogens with zero attached hydrogens (tertiary/aromatic N) is 1. The fraction of sp³-hybridized carbons (Fsp3) is 0.462. The van der Waals surface area contributed by atoms with Gasteiger partial charge in [0.25, 0.3) is 0 Å². The molecule has 0 amide bonds. The van der Waals surface area contributed by atoms with Gasteiger partial charge in [-0.1, -0.05) is 17.4 Å². The van der Waals surface area contributed by atoms with Crippen LogP contribution in [0.4, 0.5) is 10.8 Å². The van der Waals surface area contributed by atoms with Gasteiger partial charge in [0.1, 0.15) is 0 Å². The number of aromatic nitrogens is 1. The van der Waals surface area contributed by atoms with E-state index in [0.717, 1.165) is 48.4 Å². The first-order valence-corrected chi connectivity index (χ1v) is 7.07. The minimum atomic E-state index is 0.594. The molecule has 1 aromatic heterocycles. The van der Waals surface area contributed by atoms with E-state index in [1.807, 2.05) is 6.07 Å². The van der Waals surface area contributed by atoms with Gasteiger partial charge in [-0.25, -0.2) is 4.98 Å². The van der Waals surface area contributed by atoms with E-state index < -0.39 is 0 Å². The SMILES string of the molecule is Nc1nc2c(CC3CCOCC3)ccc(N)c2s1. The zero-order valence-corrected chi connectivity index (χ0v) is 11.0. The first-order valence-electron chi connectivity index (χ1n) is 6.25. The van der Waals surface area contributed by atoms with Crippen LogP contribution < -0.4 is 11.5 Å². The molecule has 96 valence electrons. The van der Waals surface area contributed by atoms with Crippen LogP contribution in [0.5, 0.6) is 0 Å². The number of hydrogen-bond acceptors (Lipinski definition) is 5. The molecule has 0 spiro atoms. The Kier molecular flexibility index (Phi) is 3.09. The number of benzene rings is 1. The molecule has 2 aromatic rings. The van der Waals surface area contributed by atoms with Gasteiger partial charge in [-0.3, -0.25) is 0 Å². The highest BCUT2D eigenvalue weighted by Gasteiger charge is 2.17. The van der Waals surface area contributed by atoms with E-state index in [2.05, 4.69) is 11.1 Å². The number of hydrogen-bond donors (Lipinski definition) is 2. The van der Waals surface area contributed by atoms with Crippen molar-refractivity contribution in [3.63, 3.8) is 0 Å². The van der Waals surface area contributed by atoms with Gasteiger partial charge < -0.3 is 16.2 Å². The smallest absolute Gasteiger partial charge is 0.181 e. The van der Waals surface area contributed by atoms with Crippen LogP contribution in [0.25, 0.3) is 10.2 Å². The quantitative estimate of drug-likeness (QED) is 0.816. The van der Waals surface area contributed by atoms with Crippen LogP contribution in [-0.4, -0.2) is 18.2 Å². The zero-order valence-electron chi connectivity index (χ0n) is 10.2. The van der Waals surface area contributed by atoms with Crippen molar-refractivity contribution in [2.45, 2.75) is 19.3 Å². The number of fused-ring (bicyclic) bond motifs is 1. The molecule has 0 atom stereocenters. The van der Waals surface area contributed by atoms with Crippen LogP contribution in [0, 0.1) is 5.92 Å². The fourth-order valence-corrected chi connectivity index (χ4v) is 3.33. The highest BCUT2D eigenvalue weighted by molar-refractivity contribution is 7.22. The van der Waals surface area contributed by atoms with E-state index >= 15 is 0 Å². The summed E-state index contributed by atoms with van der Waals surface area (Å²) < 4.78 is 6.42. The van der Waals surface area contributed by atoms with Gasteiger partial charge in [-0.15, -0.1) is 0 Å². The molecule has 1 saturated heterocycles. The summed E-state index contributed by atoms with van der Waals surface area (Å²) in [6, 6.07) is 4.06.